The minimum Gasteiger partial charge on any atom is -0.507 e. The van der Waals surface area contributed by atoms with Gasteiger partial charge in [-0.3, -0.25) is 39.0 Å². The number of nitrogens with one attached hydrogen (secondary N) is 4. The Morgan fingerprint density at radius 3 is 2.08 bits per heavy atom. The smallest absolute Gasteiger partial charge is 0.412 e. The molecular weight excluding hydrogens is 1130 g/mol. The topological polar surface area (TPSA) is 376 Å². The molecule has 12 N–H and O–H groups in total. The minimum atomic E-state index is -2.37. The van der Waals surface area contributed by atoms with Crippen LogP contribution in [0.2, 0.25) is 0 Å². The van der Waals surface area contributed by atoms with Crippen molar-refractivity contribution in [1.82, 2.24) is 15.5 Å². The van der Waals surface area contributed by atoms with Crippen molar-refractivity contribution in [1.29, 1.82) is 0 Å². The van der Waals surface area contributed by atoms with Crippen molar-refractivity contribution in [2.75, 3.05) is 37.6 Å². The van der Waals surface area contributed by atoms with Crippen molar-refractivity contribution in [3.8, 4) is 17.2 Å². The number of hydrogen-bond donors (Lipinski definition) is 10. The lowest BCUT2D eigenvalue weighted by atomic mass is 9.72. The summed E-state index contributed by atoms with van der Waals surface area (Å²) < 4.78 is 35.1. The van der Waals surface area contributed by atoms with Crippen molar-refractivity contribution in [3.05, 3.63) is 147 Å². The molecule has 5 aromatic carbocycles. The Labute approximate surface area is 499 Å². The molecule has 2 aliphatic heterocycles. The number of aromatic hydroxyl groups is 2. The second kappa shape index (κ2) is 27.3. The maximum Gasteiger partial charge on any atom is 0.412 e. The number of amides is 5. The van der Waals surface area contributed by atoms with E-state index in [-0.39, 0.29) is 67.2 Å². The number of nitrogens with two attached hydrogens (primary N) is 2. The number of hydrogen-bond acceptors (Lipinski definition) is 20. The molecule has 0 aromatic heterocycles. The summed E-state index contributed by atoms with van der Waals surface area (Å²) in [5, 5.41) is 56.3. The van der Waals surface area contributed by atoms with Crippen LogP contribution in [-0.2, 0) is 68.9 Å². The van der Waals surface area contributed by atoms with Gasteiger partial charge >= 0.3 is 12.2 Å². The summed E-state index contributed by atoms with van der Waals surface area (Å²) in [7, 11) is 1.30. The molecule has 0 spiro atoms. The minimum absolute atomic E-state index is 0.0480. The molecule has 9 unspecified atom stereocenters. The fraction of sp³-hybridized carbons (Fsp3) is 0.387. The van der Waals surface area contributed by atoms with Crippen LogP contribution in [0.3, 0.4) is 0 Å². The van der Waals surface area contributed by atoms with Gasteiger partial charge in [0.05, 0.1) is 48.1 Å². The molecule has 0 bridgehead atoms. The molecule has 25 nitrogen and oxygen atoms in total. The molecule has 4 aliphatic rings. The molecule has 87 heavy (non-hydrogen) atoms. The molecule has 2 fully saturated rings. The lowest BCUT2D eigenvalue weighted by Gasteiger charge is -2.42. The normalized spacial score (nSPS) is 21.1. The standard InChI is InChI=1S/C62H69N7O18/c1-32(64)57(76)68-42(24-34-10-5-4-6-11-34)59(78)67-41(13-7-8-23-63)58(77)65-37-19-15-35(16-20-37)29-83-60(79)66-38-21-17-36(18-22-38)30-84-61(80)69-31-85-56-33(2)86-47(25-43(56)69)87-45-27-62(81,46(71)28-70)26-40-49(45)55(75)51-50(53(40)73)52(72)39-12-9-14-44(82-3)48(39)54(51)74/h4-6,9-12,14-22,32-33,41-43,45,47,56,70,73,75,81H,7-8,13,23-31,63-64H2,1-3H3,(H,65,77)(H,66,79)(H,67,78)(H,68,76). The Kier molecular flexibility index (Phi) is 19.6. The monoisotopic (exact) mass is 1200 g/mol. The highest BCUT2D eigenvalue weighted by Gasteiger charge is 2.52. The summed E-state index contributed by atoms with van der Waals surface area (Å²) in [5.41, 5.74) is 10.1. The van der Waals surface area contributed by atoms with Crippen LogP contribution in [0.25, 0.3) is 0 Å². The highest BCUT2D eigenvalue weighted by Crippen LogP contribution is 2.53. The van der Waals surface area contributed by atoms with Crippen molar-refractivity contribution in [3.63, 3.8) is 0 Å². The van der Waals surface area contributed by atoms with E-state index >= 15 is 0 Å². The number of benzene rings is 5. The van der Waals surface area contributed by atoms with E-state index in [9.17, 15) is 58.8 Å². The highest BCUT2D eigenvalue weighted by atomic mass is 16.7. The number of ketones is 3. The van der Waals surface area contributed by atoms with E-state index in [1.54, 1.807) is 55.5 Å². The maximum absolute atomic E-state index is 14.1. The van der Waals surface area contributed by atoms with Gasteiger partial charge < -0.3 is 76.3 Å². The molecular formula is C62H69N7O18. The number of aliphatic hydroxyl groups is 2. The zero-order valence-electron chi connectivity index (χ0n) is 47.9. The first-order valence-electron chi connectivity index (χ1n) is 28.3. The number of fused-ring (bicyclic) bond motifs is 4. The van der Waals surface area contributed by atoms with Crippen LogP contribution in [-0.4, -0.2) is 148 Å². The Hall–Kier alpha value is -8.82. The Balaban J connectivity index is 0.775. The molecule has 2 heterocycles. The molecule has 2 aliphatic carbocycles. The zero-order valence-corrected chi connectivity index (χ0v) is 47.9. The third-order valence-electron chi connectivity index (χ3n) is 15.8. The van der Waals surface area contributed by atoms with Crippen molar-refractivity contribution < 1.29 is 87.2 Å². The van der Waals surface area contributed by atoms with Crippen LogP contribution in [0.4, 0.5) is 21.0 Å². The van der Waals surface area contributed by atoms with Gasteiger partial charge in [0, 0.05) is 53.7 Å². The van der Waals surface area contributed by atoms with Gasteiger partial charge in [-0.2, -0.15) is 0 Å². The Morgan fingerprint density at radius 2 is 1.43 bits per heavy atom. The number of nitrogens with zero attached hydrogens (tertiary/aromatic N) is 1. The number of phenolic OH excluding ortho intramolecular Hbond substituents is 2. The van der Waals surface area contributed by atoms with Crippen LogP contribution in [0.5, 0.6) is 17.2 Å². The average molecular weight is 1200 g/mol. The number of Topliss-reactive ketones (excluding diaryl/α,β-unsaturated/α-hetero) is 1. The second-order valence-electron chi connectivity index (χ2n) is 21.8. The van der Waals surface area contributed by atoms with Crippen LogP contribution < -0.4 is 37.5 Å². The quantitative estimate of drug-likeness (QED) is 0.0338. The van der Waals surface area contributed by atoms with Gasteiger partial charge in [0.25, 0.3) is 0 Å². The third-order valence-corrected chi connectivity index (χ3v) is 15.8. The second-order valence-corrected chi connectivity index (χ2v) is 21.8. The molecule has 9 rings (SSSR count). The summed E-state index contributed by atoms with van der Waals surface area (Å²) in [4.78, 5) is 109. The van der Waals surface area contributed by atoms with Gasteiger partial charge in [-0.25, -0.2) is 9.59 Å². The number of rotatable bonds is 22. The molecule has 0 saturated carbocycles. The molecule has 9 atom stereocenters. The van der Waals surface area contributed by atoms with E-state index in [0.717, 1.165) is 5.56 Å². The first-order chi connectivity index (χ1) is 41.7. The predicted octanol–water partition coefficient (Wildman–Crippen LogP) is 4.05. The maximum atomic E-state index is 14.1. The Morgan fingerprint density at radius 1 is 0.770 bits per heavy atom. The summed E-state index contributed by atoms with van der Waals surface area (Å²) in [5.74, 6) is -5.69. The molecule has 5 amide bonds. The van der Waals surface area contributed by atoms with Crippen LogP contribution >= 0.6 is 0 Å². The van der Waals surface area contributed by atoms with Crippen LogP contribution in [0.15, 0.2) is 97.1 Å². The number of ether oxygens (including phenoxy) is 6. The van der Waals surface area contributed by atoms with Crippen LogP contribution in [0, 0.1) is 0 Å². The number of carbonyl (C=O) groups excluding carboxylic acids is 8. The predicted molar refractivity (Wildman–Crippen MR) is 309 cm³/mol. The van der Waals surface area contributed by atoms with E-state index < -0.39 is 144 Å². The lowest BCUT2D eigenvalue weighted by molar-refractivity contribution is -0.246. The largest absolute Gasteiger partial charge is 0.507 e. The van der Waals surface area contributed by atoms with Gasteiger partial charge in [-0.05, 0) is 86.7 Å². The van der Waals surface area contributed by atoms with E-state index in [1.165, 1.54) is 37.1 Å². The molecule has 460 valence electrons. The lowest BCUT2D eigenvalue weighted by Crippen LogP contribution is -2.55. The summed E-state index contributed by atoms with van der Waals surface area (Å²) in [6.45, 7) is 1.98. The number of aliphatic hydroxyl groups excluding tert-OH is 1. The molecule has 0 radical (unpaired) electrons. The summed E-state index contributed by atoms with van der Waals surface area (Å²) in [6.07, 6.45) is -5.28. The van der Waals surface area contributed by atoms with Gasteiger partial charge in [-0.1, -0.05) is 66.7 Å². The summed E-state index contributed by atoms with van der Waals surface area (Å²) >= 11 is 0. The van der Waals surface area contributed by atoms with Gasteiger partial charge in [0.2, 0.25) is 23.5 Å². The number of unbranched alkanes of at least 4 members (excludes halogenated alkanes) is 1. The third kappa shape index (κ3) is 13.9. The molecule has 2 saturated heterocycles. The van der Waals surface area contributed by atoms with E-state index in [0.29, 0.717) is 41.9 Å². The van der Waals surface area contributed by atoms with Gasteiger partial charge in [0.1, 0.15) is 67.6 Å². The fourth-order valence-corrected chi connectivity index (χ4v) is 11.2. The first kappa shape index (κ1) is 62.7. The van der Waals surface area contributed by atoms with Crippen molar-refractivity contribution >= 4 is 58.6 Å². The zero-order chi connectivity index (χ0) is 62.3. The van der Waals surface area contributed by atoms with E-state index in [4.69, 9.17) is 39.9 Å². The summed E-state index contributed by atoms with van der Waals surface area (Å²) in [6, 6.07) is 22.9. The molecule has 25 heteroatoms. The number of phenols is 2. The molecule has 5 aromatic rings. The number of methoxy groups -OCH3 is 1. The fourth-order valence-electron chi connectivity index (χ4n) is 11.2. The Bertz CT molecular complexity index is 3420. The van der Waals surface area contributed by atoms with Gasteiger partial charge in [0.15, 0.2) is 17.9 Å². The number of carbonyl (C=O) groups is 8. The number of anilines is 2. The first-order valence-corrected chi connectivity index (χ1v) is 28.3. The van der Waals surface area contributed by atoms with Crippen LogP contribution in [0.1, 0.15) is 112 Å². The van der Waals surface area contributed by atoms with Gasteiger partial charge in [-0.15, -0.1) is 0 Å². The highest BCUT2D eigenvalue weighted by molar-refractivity contribution is 6.31. The van der Waals surface area contributed by atoms with Crippen molar-refractivity contribution in [2.45, 2.75) is 126 Å². The van der Waals surface area contributed by atoms with E-state index in [2.05, 4.69) is 21.3 Å². The SMILES string of the molecule is COc1cccc2c1C(=O)c1c(O)c3c(c(O)c1C2=O)CC(O)(C(=O)CO)CC3OC1CC2C(OCN2C(=O)OCc2ccc(NC(=O)OCc3ccc(NC(=O)C(CCCCN)NC(=O)C(Cc4ccccc4)NC(=O)C(C)N)cc3)cc2)C(C)O1. The van der Waals surface area contributed by atoms with Crippen molar-refractivity contribution in [2.24, 2.45) is 11.5 Å². The average Bonchev–Trinajstić information content (AvgIpc) is 1.11. The van der Waals surface area contributed by atoms with E-state index in [1.807, 2.05) is 30.3 Å².